The molecule has 104 valence electrons. The maximum Gasteiger partial charge on any atom is 0.130 e. The number of para-hydroxylation sites is 1. The molecule has 0 aliphatic heterocycles. The third kappa shape index (κ3) is 3.60. The van der Waals surface area contributed by atoms with E-state index in [0.717, 1.165) is 28.3 Å². The highest BCUT2D eigenvalue weighted by atomic mass is 16.5. The molecule has 0 atom stereocenters. The molecule has 2 rings (SSSR count). The van der Waals surface area contributed by atoms with E-state index < -0.39 is 0 Å². The molecular weight excluding hydrogens is 248 g/mol. The molecule has 0 heterocycles. The summed E-state index contributed by atoms with van der Waals surface area (Å²) >= 11 is 0. The first kappa shape index (κ1) is 14.1. The van der Waals surface area contributed by atoms with Crippen molar-refractivity contribution in [3.63, 3.8) is 0 Å². The van der Waals surface area contributed by atoms with Gasteiger partial charge >= 0.3 is 0 Å². The molecule has 2 aromatic rings. The summed E-state index contributed by atoms with van der Waals surface area (Å²) < 4.78 is 5.91. The van der Waals surface area contributed by atoms with Gasteiger partial charge in [-0.2, -0.15) is 0 Å². The standard InChI is InChI=1S/C17H20N2O/c1-13-11-17(20-15-8-6-5-7-9-15)14(2)10-16(13)18-12-19(3)4/h5-12H,1-4H3. The van der Waals surface area contributed by atoms with Crippen molar-refractivity contribution >= 4 is 12.0 Å². The van der Waals surface area contributed by atoms with E-state index in [1.54, 1.807) is 6.34 Å². The van der Waals surface area contributed by atoms with Crippen LogP contribution in [0.5, 0.6) is 11.5 Å². The normalized spacial score (nSPS) is 10.8. The second-order valence-electron chi connectivity index (χ2n) is 5.03. The number of benzene rings is 2. The van der Waals surface area contributed by atoms with Crippen LogP contribution in [0.4, 0.5) is 5.69 Å². The zero-order valence-corrected chi connectivity index (χ0v) is 12.4. The highest BCUT2D eigenvalue weighted by molar-refractivity contribution is 5.64. The van der Waals surface area contributed by atoms with Gasteiger partial charge in [-0.1, -0.05) is 18.2 Å². The summed E-state index contributed by atoms with van der Waals surface area (Å²) in [6.07, 6.45) is 1.81. The van der Waals surface area contributed by atoms with Crippen LogP contribution in [0.3, 0.4) is 0 Å². The lowest BCUT2D eigenvalue weighted by Gasteiger charge is -2.11. The average Bonchev–Trinajstić information content (AvgIpc) is 2.42. The number of rotatable bonds is 4. The Morgan fingerprint density at radius 3 is 2.35 bits per heavy atom. The Morgan fingerprint density at radius 1 is 1.00 bits per heavy atom. The van der Waals surface area contributed by atoms with Crippen molar-refractivity contribution in [2.75, 3.05) is 14.1 Å². The fourth-order valence-electron chi connectivity index (χ4n) is 1.82. The summed E-state index contributed by atoms with van der Waals surface area (Å²) in [6.45, 7) is 4.08. The van der Waals surface area contributed by atoms with Crippen molar-refractivity contribution in [3.05, 3.63) is 53.6 Å². The predicted octanol–water partition coefficient (Wildman–Crippen LogP) is 4.32. The zero-order valence-electron chi connectivity index (χ0n) is 12.4. The van der Waals surface area contributed by atoms with Crippen LogP contribution in [0.15, 0.2) is 47.5 Å². The lowest BCUT2D eigenvalue weighted by molar-refractivity contribution is 0.478. The molecule has 20 heavy (non-hydrogen) atoms. The monoisotopic (exact) mass is 268 g/mol. The van der Waals surface area contributed by atoms with E-state index in [1.807, 2.05) is 75.3 Å². The van der Waals surface area contributed by atoms with Gasteiger partial charge in [-0.3, -0.25) is 0 Å². The molecule has 3 nitrogen and oxygen atoms in total. The van der Waals surface area contributed by atoms with Crippen LogP contribution < -0.4 is 4.74 Å². The first-order valence-electron chi connectivity index (χ1n) is 6.61. The van der Waals surface area contributed by atoms with E-state index in [-0.39, 0.29) is 0 Å². The van der Waals surface area contributed by atoms with E-state index in [1.165, 1.54) is 0 Å². The quantitative estimate of drug-likeness (QED) is 0.609. The largest absolute Gasteiger partial charge is 0.457 e. The number of aryl methyl sites for hydroxylation is 2. The summed E-state index contributed by atoms with van der Waals surface area (Å²) in [5.41, 5.74) is 3.14. The van der Waals surface area contributed by atoms with E-state index >= 15 is 0 Å². The smallest absolute Gasteiger partial charge is 0.130 e. The summed E-state index contributed by atoms with van der Waals surface area (Å²) in [6, 6.07) is 13.9. The van der Waals surface area contributed by atoms with Gasteiger partial charge in [0.1, 0.15) is 11.5 Å². The Morgan fingerprint density at radius 2 is 1.70 bits per heavy atom. The Labute approximate surface area is 120 Å². The molecule has 0 spiro atoms. The predicted molar refractivity (Wildman–Crippen MR) is 84.3 cm³/mol. The molecule has 0 saturated carbocycles. The van der Waals surface area contributed by atoms with Crippen LogP contribution in [0.25, 0.3) is 0 Å². The van der Waals surface area contributed by atoms with E-state index in [2.05, 4.69) is 4.99 Å². The number of hydrogen-bond acceptors (Lipinski definition) is 2. The summed E-state index contributed by atoms with van der Waals surface area (Å²) in [7, 11) is 3.91. The first-order valence-corrected chi connectivity index (χ1v) is 6.61. The van der Waals surface area contributed by atoms with Crippen molar-refractivity contribution in [2.45, 2.75) is 13.8 Å². The summed E-state index contributed by atoms with van der Waals surface area (Å²) in [4.78, 5) is 6.38. The molecule has 0 radical (unpaired) electrons. The Balaban J connectivity index is 2.26. The lowest BCUT2D eigenvalue weighted by Crippen LogP contribution is -2.07. The highest BCUT2D eigenvalue weighted by Crippen LogP contribution is 2.31. The molecule has 0 aliphatic rings. The number of hydrogen-bond donors (Lipinski definition) is 0. The maximum atomic E-state index is 5.91. The van der Waals surface area contributed by atoms with E-state index in [0.29, 0.717) is 0 Å². The van der Waals surface area contributed by atoms with Crippen molar-refractivity contribution in [1.82, 2.24) is 4.90 Å². The maximum absolute atomic E-state index is 5.91. The zero-order chi connectivity index (χ0) is 14.5. The van der Waals surface area contributed by atoms with Crippen LogP contribution >= 0.6 is 0 Å². The van der Waals surface area contributed by atoms with Gasteiger partial charge in [0.05, 0.1) is 12.0 Å². The Bertz CT molecular complexity index is 604. The summed E-state index contributed by atoms with van der Waals surface area (Å²) in [5, 5.41) is 0. The second-order valence-corrected chi connectivity index (χ2v) is 5.03. The molecule has 0 saturated heterocycles. The molecule has 0 N–H and O–H groups in total. The molecule has 0 bridgehead atoms. The Hall–Kier alpha value is -2.29. The third-order valence-corrected chi connectivity index (χ3v) is 2.89. The molecule has 0 aromatic heterocycles. The fraction of sp³-hybridized carbons (Fsp3) is 0.235. The first-order chi connectivity index (χ1) is 9.56. The van der Waals surface area contributed by atoms with Crippen LogP contribution in [-0.2, 0) is 0 Å². The minimum absolute atomic E-state index is 0.847. The van der Waals surface area contributed by atoms with Gasteiger partial charge in [0.25, 0.3) is 0 Å². The third-order valence-electron chi connectivity index (χ3n) is 2.89. The van der Waals surface area contributed by atoms with Gasteiger partial charge in [-0.15, -0.1) is 0 Å². The van der Waals surface area contributed by atoms with Crippen molar-refractivity contribution < 1.29 is 4.74 Å². The average molecular weight is 268 g/mol. The number of aliphatic imine (C=N–C) groups is 1. The van der Waals surface area contributed by atoms with Gasteiger partial charge < -0.3 is 9.64 Å². The molecule has 3 heteroatoms. The minimum Gasteiger partial charge on any atom is -0.457 e. The van der Waals surface area contributed by atoms with Crippen LogP contribution in [-0.4, -0.2) is 25.3 Å². The van der Waals surface area contributed by atoms with Crippen LogP contribution in [0.2, 0.25) is 0 Å². The fourth-order valence-corrected chi connectivity index (χ4v) is 1.82. The van der Waals surface area contributed by atoms with Gasteiger partial charge in [0, 0.05) is 14.1 Å². The number of ether oxygens (including phenoxy) is 1. The lowest BCUT2D eigenvalue weighted by atomic mass is 10.1. The van der Waals surface area contributed by atoms with Crippen molar-refractivity contribution in [2.24, 2.45) is 4.99 Å². The summed E-state index contributed by atoms with van der Waals surface area (Å²) in [5.74, 6) is 1.72. The molecule has 0 fully saturated rings. The molecule has 0 aliphatic carbocycles. The van der Waals surface area contributed by atoms with Gasteiger partial charge in [0.15, 0.2) is 0 Å². The van der Waals surface area contributed by atoms with Crippen molar-refractivity contribution in [1.29, 1.82) is 0 Å². The van der Waals surface area contributed by atoms with Crippen LogP contribution in [0, 0.1) is 13.8 Å². The second kappa shape index (κ2) is 6.24. The van der Waals surface area contributed by atoms with Crippen molar-refractivity contribution in [3.8, 4) is 11.5 Å². The Kier molecular flexibility index (Phi) is 4.41. The number of nitrogens with zero attached hydrogens (tertiary/aromatic N) is 2. The molecule has 0 unspecified atom stereocenters. The molecular formula is C17H20N2O. The molecule has 2 aromatic carbocycles. The SMILES string of the molecule is Cc1cc(Oc2ccccc2)c(C)cc1N=CN(C)C. The highest BCUT2D eigenvalue weighted by Gasteiger charge is 2.06. The molecule has 0 amide bonds. The van der Waals surface area contributed by atoms with Gasteiger partial charge in [0.2, 0.25) is 0 Å². The van der Waals surface area contributed by atoms with E-state index in [4.69, 9.17) is 4.74 Å². The van der Waals surface area contributed by atoms with E-state index in [9.17, 15) is 0 Å². The van der Waals surface area contributed by atoms with Crippen LogP contribution in [0.1, 0.15) is 11.1 Å². The minimum atomic E-state index is 0.847. The van der Waals surface area contributed by atoms with Gasteiger partial charge in [-0.25, -0.2) is 4.99 Å². The topological polar surface area (TPSA) is 24.8 Å². The van der Waals surface area contributed by atoms with Gasteiger partial charge in [-0.05, 0) is 49.2 Å².